The number of rotatable bonds is 5. The monoisotopic (exact) mass is 308 g/mol. The number of sulfonamides is 1. The van der Waals surface area contributed by atoms with Gasteiger partial charge < -0.3 is 5.73 Å². The minimum atomic E-state index is -4.06. The van der Waals surface area contributed by atoms with Crippen LogP contribution in [0.5, 0.6) is 0 Å². The standard InChI is InChI=1S/C12H12N4O4S/c13-10-3-4-11(16(17)18)12(6-10)21(19,20)15-8-9-2-1-5-14-7-9/h1-7,15H,8,13H2. The summed E-state index contributed by atoms with van der Waals surface area (Å²) in [7, 11) is -4.06. The number of nitro groups is 1. The van der Waals surface area contributed by atoms with Crippen molar-refractivity contribution in [2.24, 2.45) is 0 Å². The van der Waals surface area contributed by atoms with Crippen molar-refractivity contribution in [2.45, 2.75) is 11.4 Å². The molecule has 2 aromatic rings. The van der Waals surface area contributed by atoms with Crippen LogP contribution in [0.4, 0.5) is 11.4 Å². The van der Waals surface area contributed by atoms with Crippen molar-refractivity contribution in [3.05, 3.63) is 58.4 Å². The molecular formula is C12H12N4O4S. The fraction of sp³-hybridized carbons (Fsp3) is 0.0833. The highest BCUT2D eigenvalue weighted by molar-refractivity contribution is 7.89. The molecule has 3 N–H and O–H groups in total. The van der Waals surface area contributed by atoms with Gasteiger partial charge in [-0.1, -0.05) is 6.07 Å². The van der Waals surface area contributed by atoms with E-state index >= 15 is 0 Å². The van der Waals surface area contributed by atoms with Crippen molar-refractivity contribution in [3.8, 4) is 0 Å². The molecule has 0 spiro atoms. The molecule has 0 radical (unpaired) electrons. The predicted octanol–water partition coefficient (Wildman–Crippen LogP) is 1.05. The summed E-state index contributed by atoms with van der Waals surface area (Å²) in [5.74, 6) is 0. The highest BCUT2D eigenvalue weighted by Crippen LogP contribution is 2.25. The number of anilines is 1. The summed E-state index contributed by atoms with van der Waals surface area (Å²) in [6.45, 7) is -0.0257. The molecule has 0 unspecified atom stereocenters. The van der Waals surface area contributed by atoms with Crippen LogP contribution in [-0.2, 0) is 16.6 Å². The summed E-state index contributed by atoms with van der Waals surface area (Å²) < 4.78 is 26.7. The Balaban J connectivity index is 2.31. The topological polar surface area (TPSA) is 128 Å². The molecule has 0 amide bonds. The van der Waals surface area contributed by atoms with E-state index in [1.807, 2.05) is 0 Å². The van der Waals surface area contributed by atoms with Crippen molar-refractivity contribution in [3.63, 3.8) is 0 Å². The number of nitrogen functional groups attached to an aromatic ring is 1. The third-order valence-corrected chi connectivity index (χ3v) is 4.09. The lowest BCUT2D eigenvalue weighted by Gasteiger charge is -2.08. The predicted molar refractivity (Wildman–Crippen MR) is 75.8 cm³/mol. The molecule has 1 aromatic heterocycles. The number of nitro benzene ring substituents is 1. The third-order valence-electron chi connectivity index (χ3n) is 2.66. The molecule has 0 aliphatic carbocycles. The van der Waals surface area contributed by atoms with Crippen LogP contribution in [0, 0.1) is 10.1 Å². The zero-order valence-corrected chi connectivity index (χ0v) is 11.6. The number of pyridine rings is 1. The second-order valence-electron chi connectivity index (χ2n) is 4.17. The maximum atomic E-state index is 12.2. The van der Waals surface area contributed by atoms with Crippen LogP contribution in [0.2, 0.25) is 0 Å². The number of nitrogens with two attached hydrogens (primary N) is 1. The maximum Gasteiger partial charge on any atom is 0.289 e. The Bertz CT molecular complexity index is 762. The van der Waals surface area contributed by atoms with Crippen LogP contribution < -0.4 is 10.5 Å². The Morgan fingerprint density at radius 1 is 1.33 bits per heavy atom. The van der Waals surface area contributed by atoms with Gasteiger partial charge in [0.25, 0.3) is 5.69 Å². The van der Waals surface area contributed by atoms with Crippen molar-refractivity contribution in [2.75, 3.05) is 5.73 Å². The second-order valence-corrected chi connectivity index (χ2v) is 5.91. The first-order chi connectivity index (χ1) is 9.90. The number of benzene rings is 1. The lowest BCUT2D eigenvalue weighted by Crippen LogP contribution is -2.24. The van der Waals surface area contributed by atoms with Gasteiger partial charge in [0, 0.05) is 30.7 Å². The molecule has 0 bridgehead atoms. The smallest absolute Gasteiger partial charge is 0.289 e. The molecule has 0 aliphatic heterocycles. The second kappa shape index (κ2) is 5.85. The van der Waals surface area contributed by atoms with Crippen molar-refractivity contribution < 1.29 is 13.3 Å². The minimum absolute atomic E-state index is 0.0257. The number of nitrogens with one attached hydrogen (secondary N) is 1. The minimum Gasteiger partial charge on any atom is -0.399 e. The van der Waals surface area contributed by atoms with E-state index in [1.54, 1.807) is 18.3 Å². The van der Waals surface area contributed by atoms with E-state index in [4.69, 9.17) is 5.73 Å². The van der Waals surface area contributed by atoms with Crippen LogP contribution in [0.15, 0.2) is 47.6 Å². The molecule has 0 atom stereocenters. The van der Waals surface area contributed by atoms with Gasteiger partial charge in [0.15, 0.2) is 4.90 Å². The van der Waals surface area contributed by atoms with Crippen molar-refractivity contribution in [1.29, 1.82) is 0 Å². The van der Waals surface area contributed by atoms with E-state index in [0.717, 1.165) is 12.1 Å². The molecule has 1 heterocycles. The van der Waals surface area contributed by atoms with Gasteiger partial charge in [0.2, 0.25) is 10.0 Å². The molecule has 2 rings (SSSR count). The Hall–Kier alpha value is -2.52. The summed E-state index contributed by atoms with van der Waals surface area (Å²) >= 11 is 0. The third kappa shape index (κ3) is 3.52. The van der Waals surface area contributed by atoms with Crippen molar-refractivity contribution >= 4 is 21.4 Å². The number of aromatic nitrogens is 1. The number of hydrogen-bond donors (Lipinski definition) is 2. The van der Waals surface area contributed by atoms with Crippen molar-refractivity contribution in [1.82, 2.24) is 9.71 Å². The van der Waals surface area contributed by atoms with Crippen LogP contribution >= 0.6 is 0 Å². The number of hydrogen-bond acceptors (Lipinski definition) is 6. The van der Waals surface area contributed by atoms with E-state index in [1.165, 1.54) is 12.3 Å². The van der Waals surface area contributed by atoms with E-state index in [-0.39, 0.29) is 12.2 Å². The zero-order chi connectivity index (χ0) is 15.5. The molecule has 1 aromatic carbocycles. The Morgan fingerprint density at radius 3 is 2.71 bits per heavy atom. The first-order valence-corrected chi connectivity index (χ1v) is 7.31. The Kier molecular flexibility index (Phi) is 4.15. The average molecular weight is 308 g/mol. The lowest BCUT2D eigenvalue weighted by atomic mass is 10.3. The molecule has 0 aliphatic rings. The molecule has 8 nitrogen and oxygen atoms in total. The molecular weight excluding hydrogens is 296 g/mol. The molecule has 9 heteroatoms. The first-order valence-electron chi connectivity index (χ1n) is 5.82. The summed E-state index contributed by atoms with van der Waals surface area (Å²) in [6.07, 6.45) is 3.05. The van der Waals surface area contributed by atoms with Gasteiger partial charge in [-0.15, -0.1) is 0 Å². The van der Waals surface area contributed by atoms with Crippen LogP contribution in [0.3, 0.4) is 0 Å². The molecule has 0 fully saturated rings. The Morgan fingerprint density at radius 2 is 2.10 bits per heavy atom. The fourth-order valence-electron chi connectivity index (χ4n) is 1.66. The van der Waals surface area contributed by atoms with Gasteiger partial charge in [0.1, 0.15) is 0 Å². The number of nitrogens with zero attached hydrogens (tertiary/aromatic N) is 2. The van der Waals surface area contributed by atoms with Gasteiger partial charge in [-0.05, 0) is 23.8 Å². The van der Waals surface area contributed by atoms with Crippen LogP contribution in [0.1, 0.15) is 5.56 Å². The summed E-state index contributed by atoms with van der Waals surface area (Å²) in [5, 5.41) is 10.9. The lowest BCUT2D eigenvalue weighted by molar-refractivity contribution is -0.387. The SMILES string of the molecule is Nc1ccc([N+](=O)[O-])c(S(=O)(=O)NCc2cccnc2)c1. The quantitative estimate of drug-likeness (QED) is 0.482. The van der Waals surface area contributed by atoms with Gasteiger partial charge in [0.05, 0.1) is 4.92 Å². The molecule has 0 saturated heterocycles. The van der Waals surface area contributed by atoms with Gasteiger partial charge in [-0.2, -0.15) is 0 Å². The van der Waals surface area contributed by atoms with Gasteiger partial charge in [-0.25, -0.2) is 13.1 Å². The highest BCUT2D eigenvalue weighted by atomic mass is 32.2. The van der Waals surface area contributed by atoms with Gasteiger partial charge in [-0.3, -0.25) is 15.1 Å². The highest BCUT2D eigenvalue weighted by Gasteiger charge is 2.25. The van der Waals surface area contributed by atoms with Crippen LogP contribution in [-0.4, -0.2) is 18.3 Å². The largest absolute Gasteiger partial charge is 0.399 e. The zero-order valence-electron chi connectivity index (χ0n) is 10.8. The van der Waals surface area contributed by atoms with Crippen LogP contribution in [0.25, 0.3) is 0 Å². The molecule has 21 heavy (non-hydrogen) atoms. The fourth-order valence-corrected chi connectivity index (χ4v) is 2.88. The van der Waals surface area contributed by atoms with E-state index in [0.29, 0.717) is 5.56 Å². The molecule has 110 valence electrons. The van der Waals surface area contributed by atoms with E-state index in [9.17, 15) is 18.5 Å². The van der Waals surface area contributed by atoms with E-state index < -0.39 is 25.5 Å². The summed E-state index contributed by atoms with van der Waals surface area (Å²) in [5.41, 5.74) is 5.74. The van der Waals surface area contributed by atoms with Gasteiger partial charge >= 0.3 is 0 Å². The normalized spacial score (nSPS) is 11.2. The van der Waals surface area contributed by atoms with E-state index in [2.05, 4.69) is 9.71 Å². The Labute approximate surface area is 120 Å². The average Bonchev–Trinajstić information content (AvgIpc) is 2.46. The summed E-state index contributed by atoms with van der Waals surface area (Å²) in [6, 6.07) is 6.74. The first kappa shape index (κ1) is 14.9. The molecule has 0 saturated carbocycles. The summed E-state index contributed by atoms with van der Waals surface area (Å²) in [4.78, 5) is 13.5. The maximum absolute atomic E-state index is 12.2.